The van der Waals surface area contributed by atoms with E-state index in [1.54, 1.807) is 6.07 Å². The van der Waals surface area contributed by atoms with Gasteiger partial charge in [-0.25, -0.2) is 14.4 Å². The van der Waals surface area contributed by atoms with E-state index in [4.69, 9.17) is 5.26 Å². The van der Waals surface area contributed by atoms with Gasteiger partial charge in [-0.1, -0.05) is 60.7 Å². The Morgan fingerprint density at radius 1 is 0.667 bits per heavy atom. The van der Waals surface area contributed by atoms with E-state index in [9.17, 15) is 4.39 Å². The van der Waals surface area contributed by atoms with Crippen LogP contribution < -0.4 is 0 Å². The second kappa shape index (κ2) is 7.19. The van der Waals surface area contributed by atoms with Gasteiger partial charge in [0.15, 0.2) is 5.82 Å². The van der Waals surface area contributed by atoms with Crippen LogP contribution in [0.5, 0.6) is 0 Å². The molecule has 1 aromatic heterocycles. The zero-order chi connectivity index (χ0) is 18.6. The van der Waals surface area contributed by atoms with Crippen molar-refractivity contribution >= 4 is 0 Å². The monoisotopic (exact) mass is 351 g/mol. The molecule has 0 spiro atoms. The van der Waals surface area contributed by atoms with Gasteiger partial charge in [0.05, 0.1) is 17.0 Å². The Morgan fingerprint density at radius 2 is 1.22 bits per heavy atom. The van der Waals surface area contributed by atoms with Crippen molar-refractivity contribution in [2.45, 2.75) is 0 Å². The molecule has 0 radical (unpaired) electrons. The van der Waals surface area contributed by atoms with Crippen LogP contribution in [0.1, 0.15) is 5.56 Å². The molecular weight excluding hydrogens is 337 g/mol. The van der Waals surface area contributed by atoms with Gasteiger partial charge >= 0.3 is 0 Å². The molecule has 3 aromatic carbocycles. The van der Waals surface area contributed by atoms with Gasteiger partial charge in [0.2, 0.25) is 0 Å². The molecule has 128 valence electrons. The summed E-state index contributed by atoms with van der Waals surface area (Å²) in [6, 6.07) is 27.8. The SMILES string of the molecule is N#Cc1cc(-c2nc(-c3ccccc3)cc(-c3ccccc3)n2)ccc1F. The predicted octanol–water partition coefficient (Wildman–Crippen LogP) is 5.49. The maximum Gasteiger partial charge on any atom is 0.160 e. The third-order valence-corrected chi connectivity index (χ3v) is 4.21. The largest absolute Gasteiger partial charge is 0.228 e. The summed E-state index contributed by atoms with van der Waals surface area (Å²) in [5.41, 5.74) is 4.02. The van der Waals surface area contributed by atoms with E-state index < -0.39 is 5.82 Å². The van der Waals surface area contributed by atoms with Crippen molar-refractivity contribution in [3.63, 3.8) is 0 Å². The molecule has 0 bridgehead atoms. The van der Waals surface area contributed by atoms with E-state index in [0.717, 1.165) is 22.5 Å². The average molecular weight is 351 g/mol. The molecule has 0 saturated heterocycles. The van der Waals surface area contributed by atoms with Gasteiger partial charge in [-0.2, -0.15) is 5.26 Å². The first-order valence-electron chi connectivity index (χ1n) is 8.44. The molecule has 0 aliphatic heterocycles. The molecule has 27 heavy (non-hydrogen) atoms. The molecule has 1 heterocycles. The summed E-state index contributed by atoms with van der Waals surface area (Å²) in [4.78, 5) is 9.32. The maximum absolute atomic E-state index is 13.7. The van der Waals surface area contributed by atoms with Crippen molar-refractivity contribution in [3.8, 4) is 40.0 Å². The Kier molecular flexibility index (Phi) is 4.42. The van der Waals surface area contributed by atoms with E-state index in [1.165, 1.54) is 12.1 Å². The number of nitrogens with zero attached hydrogens (tertiary/aromatic N) is 3. The van der Waals surface area contributed by atoms with Crippen LogP contribution in [-0.2, 0) is 0 Å². The minimum atomic E-state index is -0.552. The normalized spacial score (nSPS) is 10.4. The number of hydrogen-bond donors (Lipinski definition) is 0. The first kappa shape index (κ1) is 16.6. The average Bonchev–Trinajstić information content (AvgIpc) is 2.75. The van der Waals surface area contributed by atoms with Crippen LogP contribution in [0.2, 0.25) is 0 Å². The molecule has 0 saturated carbocycles. The lowest BCUT2D eigenvalue weighted by molar-refractivity contribution is 0.624. The second-order valence-electron chi connectivity index (χ2n) is 6.00. The van der Waals surface area contributed by atoms with E-state index >= 15 is 0 Å². The number of nitriles is 1. The Balaban J connectivity index is 1.93. The molecule has 0 amide bonds. The van der Waals surface area contributed by atoms with Gasteiger partial charge in [0.1, 0.15) is 11.9 Å². The zero-order valence-electron chi connectivity index (χ0n) is 14.3. The lowest BCUT2D eigenvalue weighted by atomic mass is 10.1. The topological polar surface area (TPSA) is 49.6 Å². The summed E-state index contributed by atoms with van der Waals surface area (Å²) in [5, 5.41) is 9.12. The summed E-state index contributed by atoms with van der Waals surface area (Å²) in [6.07, 6.45) is 0. The first-order valence-corrected chi connectivity index (χ1v) is 8.44. The van der Waals surface area contributed by atoms with Gasteiger partial charge in [0.25, 0.3) is 0 Å². The molecule has 0 unspecified atom stereocenters. The summed E-state index contributed by atoms with van der Waals surface area (Å²) >= 11 is 0. The highest BCUT2D eigenvalue weighted by molar-refractivity contribution is 5.72. The van der Waals surface area contributed by atoms with E-state index in [1.807, 2.05) is 72.8 Å². The standard InChI is InChI=1S/C23H14FN3/c24-20-12-11-18(13-19(20)15-25)23-26-21(16-7-3-1-4-8-16)14-22(27-23)17-9-5-2-6-10-17/h1-14H. The molecule has 3 nitrogen and oxygen atoms in total. The Morgan fingerprint density at radius 3 is 1.74 bits per heavy atom. The van der Waals surface area contributed by atoms with Crippen LogP contribution in [-0.4, -0.2) is 9.97 Å². The molecule has 4 heteroatoms. The smallest absolute Gasteiger partial charge is 0.160 e. The minimum Gasteiger partial charge on any atom is -0.228 e. The van der Waals surface area contributed by atoms with Crippen molar-refractivity contribution in [1.82, 2.24) is 9.97 Å². The fourth-order valence-corrected chi connectivity index (χ4v) is 2.84. The van der Waals surface area contributed by atoms with Crippen LogP contribution >= 0.6 is 0 Å². The van der Waals surface area contributed by atoms with Crippen LogP contribution in [0.25, 0.3) is 33.9 Å². The van der Waals surface area contributed by atoms with Gasteiger partial charge in [-0.05, 0) is 24.3 Å². The molecule has 0 aliphatic rings. The first-order chi connectivity index (χ1) is 13.2. The number of halogens is 1. The van der Waals surface area contributed by atoms with Crippen molar-refractivity contribution in [2.24, 2.45) is 0 Å². The molecule has 0 aliphatic carbocycles. The van der Waals surface area contributed by atoms with E-state index in [-0.39, 0.29) is 5.56 Å². The third-order valence-electron chi connectivity index (χ3n) is 4.21. The Labute approximate surface area is 156 Å². The molecule has 4 rings (SSSR count). The van der Waals surface area contributed by atoms with Crippen LogP contribution in [0.4, 0.5) is 4.39 Å². The Bertz CT molecular complexity index is 1080. The zero-order valence-corrected chi connectivity index (χ0v) is 14.3. The molecular formula is C23H14FN3. The van der Waals surface area contributed by atoms with Crippen molar-refractivity contribution in [2.75, 3.05) is 0 Å². The van der Waals surface area contributed by atoms with Crippen LogP contribution in [0, 0.1) is 17.1 Å². The van der Waals surface area contributed by atoms with Gasteiger partial charge in [0, 0.05) is 16.7 Å². The third kappa shape index (κ3) is 3.44. The predicted molar refractivity (Wildman–Crippen MR) is 103 cm³/mol. The lowest BCUT2D eigenvalue weighted by Crippen LogP contribution is -1.96. The Hall–Kier alpha value is -3.84. The minimum absolute atomic E-state index is 0.0255. The lowest BCUT2D eigenvalue weighted by Gasteiger charge is -2.09. The van der Waals surface area contributed by atoms with E-state index in [0.29, 0.717) is 11.4 Å². The van der Waals surface area contributed by atoms with Gasteiger partial charge in [-0.3, -0.25) is 0 Å². The summed E-state index contributed by atoms with van der Waals surface area (Å²) in [5.74, 6) is -0.101. The van der Waals surface area contributed by atoms with Crippen molar-refractivity contribution in [3.05, 3.63) is 96.3 Å². The van der Waals surface area contributed by atoms with Crippen LogP contribution in [0.15, 0.2) is 84.9 Å². The summed E-state index contributed by atoms with van der Waals surface area (Å²) in [6.45, 7) is 0. The van der Waals surface area contributed by atoms with E-state index in [2.05, 4.69) is 9.97 Å². The molecule has 0 atom stereocenters. The van der Waals surface area contributed by atoms with Crippen molar-refractivity contribution < 1.29 is 4.39 Å². The van der Waals surface area contributed by atoms with Crippen molar-refractivity contribution in [1.29, 1.82) is 5.26 Å². The number of rotatable bonds is 3. The van der Waals surface area contributed by atoms with Gasteiger partial charge < -0.3 is 0 Å². The summed E-state index contributed by atoms with van der Waals surface area (Å²) < 4.78 is 13.7. The fraction of sp³-hybridized carbons (Fsp3) is 0. The highest BCUT2D eigenvalue weighted by Gasteiger charge is 2.12. The highest BCUT2D eigenvalue weighted by atomic mass is 19.1. The molecule has 0 N–H and O–H groups in total. The fourth-order valence-electron chi connectivity index (χ4n) is 2.84. The number of aromatic nitrogens is 2. The molecule has 0 fully saturated rings. The van der Waals surface area contributed by atoms with Gasteiger partial charge in [-0.15, -0.1) is 0 Å². The maximum atomic E-state index is 13.7. The molecule has 4 aromatic rings. The summed E-state index contributed by atoms with van der Waals surface area (Å²) in [7, 11) is 0. The number of hydrogen-bond acceptors (Lipinski definition) is 3. The number of benzene rings is 3. The quantitative estimate of drug-likeness (QED) is 0.490. The second-order valence-corrected chi connectivity index (χ2v) is 6.00. The van der Waals surface area contributed by atoms with Crippen LogP contribution in [0.3, 0.4) is 0 Å². The highest BCUT2D eigenvalue weighted by Crippen LogP contribution is 2.28.